The highest BCUT2D eigenvalue weighted by Crippen LogP contribution is 2.03. The van der Waals surface area contributed by atoms with E-state index in [-0.39, 0.29) is 0 Å². The van der Waals surface area contributed by atoms with Gasteiger partial charge in [-0.15, -0.1) is 0 Å². The molecule has 0 aromatic heterocycles. The largest absolute Gasteiger partial charge is 0.390 e. The summed E-state index contributed by atoms with van der Waals surface area (Å²) >= 11 is 0. The Morgan fingerprint density at radius 3 is 2.18 bits per heavy atom. The maximum absolute atomic E-state index is 9.63. The fourth-order valence-corrected chi connectivity index (χ4v) is 0.682. The first-order valence-corrected chi connectivity index (χ1v) is 3.46. The molecule has 5 heteroatoms. The summed E-state index contributed by atoms with van der Waals surface area (Å²) in [5, 5.41) is 29.3. The summed E-state index contributed by atoms with van der Waals surface area (Å²) in [5.74, 6) is 0. The van der Waals surface area contributed by atoms with E-state index in [1.807, 2.05) is 0 Å². The van der Waals surface area contributed by atoms with Crippen LogP contribution in [0.25, 0.3) is 0 Å². The van der Waals surface area contributed by atoms with E-state index in [2.05, 4.69) is 5.18 Å². The highest BCUT2D eigenvalue weighted by molar-refractivity contribution is 4.75. The fourth-order valence-electron chi connectivity index (χ4n) is 0.682. The molecule has 0 radical (unpaired) electrons. The van der Waals surface area contributed by atoms with Crippen LogP contribution < -0.4 is 0 Å². The first-order chi connectivity index (χ1) is 5.13. The van der Waals surface area contributed by atoms with Crippen LogP contribution in [0.5, 0.6) is 0 Å². The Kier molecular flexibility index (Phi) is 4.93. The molecule has 0 saturated carbocycles. The van der Waals surface area contributed by atoms with Gasteiger partial charge in [0.1, 0.15) is 18.8 Å². The van der Waals surface area contributed by atoms with Gasteiger partial charge in [0.05, 0.1) is 6.10 Å². The minimum atomic E-state index is -1.28. The third kappa shape index (κ3) is 3.41. The van der Waals surface area contributed by atoms with Crippen LogP contribution in [0.4, 0.5) is 0 Å². The lowest BCUT2D eigenvalue weighted by Gasteiger charge is -2.19. The van der Waals surface area contributed by atoms with Gasteiger partial charge >= 0.3 is 0 Å². The van der Waals surface area contributed by atoms with Crippen molar-refractivity contribution in [2.24, 2.45) is 5.18 Å². The molecule has 66 valence electrons. The molecule has 0 bridgehead atoms. The molecule has 5 nitrogen and oxygen atoms in total. The average molecular weight is 163 g/mol. The highest BCUT2D eigenvalue weighted by Gasteiger charge is 2.22. The van der Waals surface area contributed by atoms with Crippen molar-refractivity contribution in [3.8, 4) is 0 Å². The number of nitrogens with zero attached hydrogens (tertiary/aromatic N) is 1. The Morgan fingerprint density at radius 2 is 1.82 bits per heavy atom. The standard InChI is InChI=1S/C6H13NO4/c1-2-4(8)6(10)5(9)3-7-11/h4-6,8-10H,2-3H2,1H3. The van der Waals surface area contributed by atoms with Crippen LogP contribution in [-0.2, 0) is 0 Å². The lowest BCUT2D eigenvalue weighted by atomic mass is 10.1. The normalized spacial score (nSPS) is 18.9. The van der Waals surface area contributed by atoms with E-state index in [0.29, 0.717) is 6.42 Å². The molecule has 0 aliphatic heterocycles. The Balaban J connectivity index is 3.79. The van der Waals surface area contributed by atoms with Gasteiger partial charge in [-0.3, -0.25) is 0 Å². The van der Waals surface area contributed by atoms with Crippen molar-refractivity contribution in [2.45, 2.75) is 31.7 Å². The van der Waals surface area contributed by atoms with Crippen molar-refractivity contribution in [3.63, 3.8) is 0 Å². The molecule has 0 fully saturated rings. The maximum atomic E-state index is 9.63. The molecule has 0 heterocycles. The molecule has 3 N–H and O–H groups in total. The summed E-state index contributed by atoms with van der Waals surface area (Å²) in [5.41, 5.74) is 0. The van der Waals surface area contributed by atoms with Crippen LogP contribution in [0.15, 0.2) is 5.18 Å². The van der Waals surface area contributed by atoms with Crippen LogP contribution >= 0.6 is 0 Å². The summed E-state index contributed by atoms with van der Waals surface area (Å²) < 4.78 is 0. The van der Waals surface area contributed by atoms with E-state index in [4.69, 9.17) is 15.3 Å². The third-order valence-electron chi connectivity index (χ3n) is 1.47. The second kappa shape index (κ2) is 5.17. The van der Waals surface area contributed by atoms with Gasteiger partial charge < -0.3 is 15.3 Å². The van der Waals surface area contributed by atoms with Gasteiger partial charge in [0.15, 0.2) is 0 Å². The minimum Gasteiger partial charge on any atom is -0.390 e. The molecule has 3 atom stereocenters. The van der Waals surface area contributed by atoms with Gasteiger partial charge in [0.2, 0.25) is 0 Å². The highest BCUT2D eigenvalue weighted by atomic mass is 16.4. The van der Waals surface area contributed by atoms with Crippen LogP contribution in [0.3, 0.4) is 0 Å². The molecule has 0 saturated heterocycles. The van der Waals surface area contributed by atoms with Gasteiger partial charge in [-0.05, 0) is 6.42 Å². The second-order valence-corrected chi connectivity index (χ2v) is 2.35. The fraction of sp³-hybridized carbons (Fsp3) is 1.00. The number of rotatable bonds is 5. The summed E-state index contributed by atoms with van der Waals surface area (Å²) in [7, 11) is 0. The van der Waals surface area contributed by atoms with Crippen molar-refractivity contribution in [3.05, 3.63) is 4.91 Å². The third-order valence-corrected chi connectivity index (χ3v) is 1.47. The first kappa shape index (κ1) is 10.5. The zero-order valence-electron chi connectivity index (χ0n) is 6.34. The van der Waals surface area contributed by atoms with Gasteiger partial charge in [-0.1, -0.05) is 12.1 Å². The molecular weight excluding hydrogens is 150 g/mol. The molecule has 0 spiro atoms. The Hall–Kier alpha value is -0.520. The monoisotopic (exact) mass is 163 g/mol. The summed E-state index contributed by atoms with van der Waals surface area (Å²) in [6.07, 6.45) is -3.20. The van der Waals surface area contributed by atoms with Crippen molar-refractivity contribution in [1.29, 1.82) is 0 Å². The lowest BCUT2D eigenvalue weighted by Crippen LogP contribution is -2.38. The summed E-state index contributed by atoms with van der Waals surface area (Å²) in [6.45, 7) is 1.27. The molecule has 0 rings (SSSR count). The van der Waals surface area contributed by atoms with Crippen LogP contribution in [-0.4, -0.2) is 40.2 Å². The van der Waals surface area contributed by atoms with Crippen molar-refractivity contribution in [1.82, 2.24) is 0 Å². The van der Waals surface area contributed by atoms with E-state index in [1.165, 1.54) is 0 Å². The number of aliphatic hydroxyl groups is 3. The molecule has 0 aromatic rings. The van der Waals surface area contributed by atoms with Crippen molar-refractivity contribution >= 4 is 0 Å². The lowest BCUT2D eigenvalue weighted by molar-refractivity contribution is -0.0558. The molecule has 11 heavy (non-hydrogen) atoms. The van der Waals surface area contributed by atoms with Gasteiger partial charge in [-0.2, -0.15) is 4.91 Å². The second-order valence-electron chi connectivity index (χ2n) is 2.35. The van der Waals surface area contributed by atoms with E-state index in [9.17, 15) is 4.91 Å². The average Bonchev–Trinajstić information content (AvgIpc) is 2.02. The van der Waals surface area contributed by atoms with Crippen LogP contribution in [0.2, 0.25) is 0 Å². The topological polar surface area (TPSA) is 90.1 Å². The van der Waals surface area contributed by atoms with Crippen LogP contribution in [0.1, 0.15) is 13.3 Å². The van der Waals surface area contributed by atoms with Crippen molar-refractivity contribution in [2.75, 3.05) is 6.54 Å². The maximum Gasteiger partial charge on any atom is 0.110 e. The number of nitroso groups, excluding NO2 is 1. The Labute approximate surface area is 64.6 Å². The van der Waals surface area contributed by atoms with E-state index in [1.54, 1.807) is 6.92 Å². The summed E-state index contributed by atoms with van der Waals surface area (Å²) in [6, 6.07) is 0. The number of hydrogen-bond donors (Lipinski definition) is 3. The zero-order valence-corrected chi connectivity index (χ0v) is 6.34. The van der Waals surface area contributed by atoms with E-state index in [0.717, 1.165) is 0 Å². The SMILES string of the molecule is CCC(O)C(O)C(O)CN=O. The molecule has 0 amide bonds. The minimum absolute atomic E-state index is 0.330. The van der Waals surface area contributed by atoms with Gasteiger partial charge in [-0.25, -0.2) is 0 Å². The smallest absolute Gasteiger partial charge is 0.110 e. The van der Waals surface area contributed by atoms with Gasteiger partial charge in [0.25, 0.3) is 0 Å². The zero-order chi connectivity index (χ0) is 8.85. The summed E-state index contributed by atoms with van der Waals surface area (Å²) in [4.78, 5) is 9.63. The molecule has 3 unspecified atom stereocenters. The van der Waals surface area contributed by atoms with Crippen LogP contribution in [0, 0.1) is 4.91 Å². The van der Waals surface area contributed by atoms with E-state index < -0.39 is 24.9 Å². The quantitative estimate of drug-likeness (QED) is 0.465. The molecule has 0 aliphatic rings. The van der Waals surface area contributed by atoms with E-state index >= 15 is 0 Å². The number of hydrogen-bond acceptors (Lipinski definition) is 5. The Morgan fingerprint density at radius 1 is 1.27 bits per heavy atom. The van der Waals surface area contributed by atoms with Gasteiger partial charge in [0, 0.05) is 0 Å². The Bertz CT molecular complexity index is 119. The number of aliphatic hydroxyl groups excluding tert-OH is 3. The first-order valence-electron chi connectivity index (χ1n) is 3.46. The predicted molar refractivity (Wildman–Crippen MR) is 39.0 cm³/mol. The van der Waals surface area contributed by atoms with Crippen molar-refractivity contribution < 1.29 is 15.3 Å². The molecule has 0 aromatic carbocycles. The predicted octanol–water partition coefficient (Wildman–Crippen LogP) is -0.754. The molecular formula is C6H13NO4. The molecule has 0 aliphatic carbocycles.